The normalized spacial score (nSPS) is 10.2. The molecule has 0 spiro atoms. The second-order valence-electron chi connectivity index (χ2n) is 4.56. The summed E-state index contributed by atoms with van der Waals surface area (Å²) in [6.45, 7) is 2.77. The van der Waals surface area contributed by atoms with Crippen molar-refractivity contribution in [3.63, 3.8) is 0 Å². The first kappa shape index (κ1) is 15.0. The monoisotopic (exact) mass is 290 g/mol. The van der Waals surface area contributed by atoms with Crippen LogP contribution in [0.25, 0.3) is 0 Å². The summed E-state index contributed by atoms with van der Waals surface area (Å²) in [7, 11) is 0. The van der Waals surface area contributed by atoms with Crippen LogP contribution in [0.15, 0.2) is 42.5 Å². The molecule has 2 N–H and O–H groups in total. The Labute approximate surface area is 122 Å². The summed E-state index contributed by atoms with van der Waals surface area (Å²) in [4.78, 5) is 12.2. The molecule has 0 atom stereocenters. The molecule has 5 heteroatoms. The standard InChI is InChI=1S/C16H16F2N2O/c1-2-9-19-15-6-4-3-5-12(15)16(21)20-11-7-8-13(17)14(18)10-11/h3-8,10,19H,2,9H2,1H3,(H,20,21). The van der Waals surface area contributed by atoms with Crippen molar-refractivity contribution in [2.45, 2.75) is 13.3 Å². The van der Waals surface area contributed by atoms with Crippen LogP contribution in [-0.2, 0) is 0 Å². The predicted molar refractivity (Wildman–Crippen MR) is 79.5 cm³/mol. The van der Waals surface area contributed by atoms with Crippen LogP contribution in [0.2, 0.25) is 0 Å². The first-order valence-electron chi connectivity index (χ1n) is 6.71. The number of anilines is 2. The highest BCUT2D eigenvalue weighted by molar-refractivity contribution is 6.08. The Hall–Kier alpha value is -2.43. The van der Waals surface area contributed by atoms with Crippen molar-refractivity contribution < 1.29 is 13.6 Å². The molecule has 0 fully saturated rings. The van der Waals surface area contributed by atoms with Crippen LogP contribution in [0.3, 0.4) is 0 Å². The maximum absolute atomic E-state index is 13.1. The van der Waals surface area contributed by atoms with Crippen molar-refractivity contribution >= 4 is 17.3 Å². The number of rotatable bonds is 5. The van der Waals surface area contributed by atoms with E-state index in [1.54, 1.807) is 18.2 Å². The summed E-state index contributed by atoms with van der Waals surface area (Å²) >= 11 is 0. The Morgan fingerprint density at radius 1 is 1.10 bits per heavy atom. The zero-order valence-corrected chi connectivity index (χ0v) is 11.6. The summed E-state index contributed by atoms with van der Waals surface area (Å²) in [5.74, 6) is -2.32. The molecule has 21 heavy (non-hydrogen) atoms. The third-order valence-corrected chi connectivity index (χ3v) is 2.91. The topological polar surface area (TPSA) is 41.1 Å². The molecule has 0 aliphatic rings. The van der Waals surface area contributed by atoms with Gasteiger partial charge in [0.2, 0.25) is 0 Å². The fourth-order valence-corrected chi connectivity index (χ4v) is 1.87. The van der Waals surface area contributed by atoms with Gasteiger partial charge in [-0.3, -0.25) is 4.79 Å². The molecule has 2 aromatic carbocycles. The number of hydrogen-bond acceptors (Lipinski definition) is 2. The van der Waals surface area contributed by atoms with Crippen LogP contribution in [0.4, 0.5) is 20.2 Å². The van der Waals surface area contributed by atoms with E-state index in [1.165, 1.54) is 6.07 Å². The highest BCUT2D eigenvalue weighted by Gasteiger charge is 2.12. The number of nitrogens with one attached hydrogen (secondary N) is 2. The smallest absolute Gasteiger partial charge is 0.257 e. The van der Waals surface area contributed by atoms with E-state index in [-0.39, 0.29) is 11.6 Å². The van der Waals surface area contributed by atoms with E-state index in [0.29, 0.717) is 11.3 Å². The van der Waals surface area contributed by atoms with Crippen LogP contribution in [0, 0.1) is 11.6 Å². The molecule has 0 unspecified atom stereocenters. The third-order valence-electron chi connectivity index (χ3n) is 2.91. The Balaban J connectivity index is 2.18. The summed E-state index contributed by atoms with van der Waals surface area (Å²) in [6.07, 6.45) is 0.930. The summed E-state index contributed by atoms with van der Waals surface area (Å²) < 4.78 is 26.0. The van der Waals surface area contributed by atoms with Crippen LogP contribution in [-0.4, -0.2) is 12.5 Å². The molecular weight excluding hydrogens is 274 g/mol. The van der Waals surface area contributed by atoms with Crippen molar-refractivity contribution in [1.29, 1.82) is 0 Å². The summed E-state index contributed by atoms with van der Waals surface area (Å²) in [5.41, 5.74) is 1.37. The number of benzene rings is 2. The summed E-state index contributed by atoms with van der Waals surface area (Å²) in [5, 5.41) is 5.71. The molecule has 0 aliphatic heterocycles. The number of hydrogen-bond donors (Lipinski definition) is 2. The van der Waals surface area contributed by atoms with Gasteiger partial charge < -0.3 is 10.6 Å². The molecule has 0 aromatic heterocycles. The predicted octanol–water partition coefficient (Wildman–Crippen LogP) is 4.04. The molecule has 110 valence electrons. The van der Waals surface area contributed by atoms with Crippen molar-refractivity contribution in [2.75, 3.05) is 17.2 Å². The Kier molecular flexibility index (Phi) is 4.87. The molecule has 1 amide bonds. The number of carbonyl (C=O) groups excluding carboxylic acids is 1. The lowest BCUT2D eigenvalue weighted by Crippen LogP contribution is -2.15. The van der Waals surface area contributed by atoms with Crippen molar-refractivity contribution in [3.8, 4) is 0 Å². The molecule has 0 aliphatic carbocycles. The third kappa shape index (κ3) is 3.78. The van der Waals surface area contributed by atoms with Gasteiger partial charge in [-0.15, -0.1) is 0 Å². The van der Waals surface area contributed by atoms with E-state index in [1.807, 2.05) is 13.0 Å². The van der Waals surface area contributed by atoms with Gasteiger partial charge >= 0.3 is 0 Å². The van der Waals surface area contributed by atoms with E-state index in [4.69, 9.17) is 0 Å². The Bertz CT molecular complexity index is 644. The lowest BCUT2D eigenvalue weighted by atomic mass is 10.1. The van der Waals surface area contributed by atoms with Gasteiger partial charge in [-0.1, -0.05) is 19.1 Å². The zero-order valence-electron chi connectivity index (χ0n) is 11.6. The fraction of sp³-hybridized carbons (Fsp3) is 0.188. The second kappa shape index (κ2) is 6.83. The highest BCUT2D eigenvalue weighted by atomic mass is 19.2. The molecule has 2 rings (SSSR count). The average Bonchev–Trinajstić information content (AvgIpc) is 2.49. The molecular formula is C16H16F2N2O. The first-order valence-corrected chi connectivity index (χ1v) is 6.71. The van der Waals surface area contributed by atoms with E-state index < -0.39 is 11.6 Å². The van der Waals surface area contributed by atoms with Gasteiger partial charge in [0.05, 0.1) is 5.56 Å². The van der Waals surface area contributed by atoms with Crippen molar-refractivity contribution in [3.05, 3.63) is 59.7 Å². The average molecular weight is 290 g/mol. The Morgan fingerprint density at radius 3 is 2.57 bits per heavy atom. The maximum atomic E-state index is 13.1. The number of amides is 1. The van der Waals surface area contributed by atoms with E-state index in [2.05, 4.69) is 10.6 Å². The van der Waals surface area contributed by atoms with Gasteiger partial charge in [0.1, 0.15) is 0 Å². The molecule has 0 radical (unpaired) electrons. The van der Waals surface area contributed by atoms with E-state index >= 15 is 0 Å². The number of carbonyl (C=O) groups is 1. The number of para-hydroxylation sites is 1. The molecule has 0 saturated carbocycles. The molecule has 0 saturated heterocycles. The van der Waals surface area contributed by atoms with Gasteiger partial charge in [-0.2, -0.15) is 0 Å². The van der Waals surface area contributed by atoms with Gasteiger partial charge in [0, 0.05) is 24.0 Å². The van der Waals surface area contributed by atoms with Crippen LogP contribution in [0.5, 0.6) is 0 Å². The van der Waals surface area contributed by atoms with E-state index in [9.17, 15) is 13.6 Å². The largest absolute Gasteiger partial charge is 0.384 e. The molecule has 2 aromatic rings. The number of halogens is 2. The quantitative estimate of drug-likeness (QED) is 0.872. The second-order valence-corrected chi connectivity index (χ2v) is 4.56. The van der Waals surface area contributed by atoms with Crippen molar-refractivity contribution in [1.82, 2.24) is 0 Å². The van der Waals surface area contributed by atoms with Crippen LogP contribution < -0.4 is 10.6 Å². The van der Waals surface area contributed by atoms with Gasteiger partial charge in [0.15, 0.2) is 11.6 Å². The zero-order chi connectivity index (χ0) is 15.2. The molecule has 3 nitrogen and oxygen atoms in total. The SMILES string of the molecule is CCCNc1ccccc1C(=O)Nc1ccc(F)c(F)c1. The van der Waals surface area contributed by atoms with Gasteiger partial charge in [-0.25, -0.2) is 8.78 Å². The Morgan fingerprint density at radius 2 is 1.86 bits per heavy atom. The maximum Gasteiger partial charge on any atom is 0.257 e. The van der Waals surface area contributed by atoms with Crippen LogP contribution in [0.1, 0.15) is 23.7 Å². The minimum absolute atomic E-state index is 0.212. The van der Waals surface area contributed by atoms with Crippen LogP contribution >= 0.6 is 0 Å². The molecule has 0 bridgehead atoms. The summed E-state index contributed by atoms with van der Waals surface area (Å²) in [6, 6.07) is 10.3. The van der Waals surface area contributed by atoms with Crippen molar-refractivity contribution in [2.24, 2.45) is 0 Å². The minimum atomic E-state index is -0.995. The fourth-order valence-electron chi connectivity index (χ4n) is 1.87. The van der Waals surface area contributed by atoms with Gasteiger partial charge in [0.25, 0.3) is 5.91 Å². The molecule has 0 heterocycles. The van der Waals surface area contributed by atoms with Gasteiger partial charge in [-0.05, 0) is 30.7 Å². The lowest BCUT2D eigenvalue weighted by molar-refractivity contribution is 0.102. The highest BCUT2D eigenvalue weighted by Crippen LogP contribution is 2.18. The lowest BCUT2D eigenvalue weighted by Gasteiger charge is -2.11. The minimum Gasteiger partial charge on any atom is -0.384 e. The van der Waals surface area contributed by atoms with E-state index in [0.717, 1.165) is 25.1 Å². The first-order chi connectivity index (χ1) is 10.1.